The summed E-state index contributed by atoms with van der Waals surface area (Å²) in [5.41, 5.74) is 1.87. The molecule has 0 aromatic heterocycles. The molecule has 1 amide bonds. The number of likely N-dealkylation sites (tertiary alicyclic amines) is 1. The van der Waals surface area contributed by atoms with E-state index < -0.39 is 10.0 Å². The predicted molar refractivity (Wildman–Crippen MR) is 109 cm³/mol. The average Bonchev–Trinajstić information content (AvgIpc) is 2.92. The Labute approximate surface area is 165 Å². The number of benzene rings is 2. The number of anilines is 1. The minimum Gasteiger partial charge on any atom is -0.339 e. The number of piperidine rings is 1. The molecule has 2 aliphatic rings. The van der Waals surface area contributed by atoms with Crippen LogP contribution in [0.3, 0.4) is 0 Å². The van der Waals surface area contributed by atoms with Gasteiger partial charge in [0, 0.05) is 29.9 Å². The molecular weight excluding hydrogens is 374 g/mol. The van der Waals surface area contributed by atoms with Crippen LogP contribution < -0.4 is 5.32 Å². The second-order valence-corrected chi connectivity index (χ2v) is 9.34. The molecule has 2 aliphatic heterocycles. The first-order valence-corrected chi connectivity index (χ1v) is 10.9. The van der Waals surface area contributed by atoms with Gasteiger partial charge in [-0.25, -0.2) is 0 Å². The lowest BCUT2D eigenvalue weighted by atomic mass is 9.91. The Morgan fingerprint density at radius 2 is 1.68 bits per heavy atom. The van der Waals surface area contributed by atoms with Crippen molar-refractivity contribution in [2.75, 3.05) is 18.4 Å². The van der Waals surface area contributed by atoms with Crippen LogP contribution in [-0.2, 0) is 10.0 Å². The number of carbonyl (C=O) groups is 1. The van der Waals surface area contributed by atoms with E-state index in [0.717, 1.165) is 19.5 Å². The Hall–Kier alpha value is -2.67. The van der Waals surface area contributed by atoms with Gasteiger partial charge in [-0.1, -0.05) is 26.0 Å². The van der Waals surface area contributed by atoms with Crippen LogP contribution in [-0.4, -0.2) is 38.2 Å². The lowest BCUT2D eigenvalue weighted by Gasteiger charge is -2.35. The topological polar surface area (TPSA) is 78.8 Å². The number of carbonyl (C=O) groups excluding carboxylic acids is 1. The summed E-state index contributed by atoms with van der Waals surface area (Å²) in [5.74, 6) is 1.36. The molecule has 2 atom stereocenters. The van der Waals surface area contributed by atoms with Gasteiger partial charge in [-0.3, -0.25) is 4.79 Å². The number of rotatable bonds is 2. The van der Waals surface area contributed by atoms with Crippen molar-refractivity contribution in [2.45, 2.75) is 25.2 Å². The average molecular weight is 398 g/mol. The molecule has 2 unspecified atom stereocenters. The Morgan fingerprint density at radius 3 is 2.36 bits per heavy atom. The fourth-order valence-electron chi connectivity index (χ4n) is 4.04. The maximum atomic E-state index is 12.8. The van der Waals surface area contributed by atoms with Gasteiger partial charge in [0.05, 0.1) is 0 Å². The quantitative estimate of drug-likeness (QED) is 0.843. The van der Waals surface area contributed by atoms with Crippen molar-refractivity contribution in [3.63, 3.8) is 0 Å². The lowest BCUT2D eigenvalue weighted by Crippen LogP contribution is -2.42. The number of hydrogen-bond acceptors (Lipinski definition) is 4. The van der Waals surface area contributed by atoms with E-state index >= 15 is 0 Å². The molecule has 0 spiro atoms. The lowest BCUT2D eigenvalue weighted by molar-refractivity contribution is 0.0623. The van der Waals surface area contributed by atoms with Gasteiger partial charge in [0.1, 0.15) is 4.90 Å². The summed E-state index contributed by atoms with van der Waals surface area (Å²) >= 11 is 0. The fraction of sp³-hybridized carbons (Fsp3) is 0.333. The van der Waals surface area contributed by atoms with Gasteiger partial charge < -0.3 is 10.2 Å². The molecule has 0 aliphatic carbocycles. The normalized spacial score (nSPS) is 23.1. The SMILES string of the molecule is CC1CC(C)CN(C(=O)c2ccc(NC3=NS(=O)(=O)c4ccccc43)cc2)C1. The molecular formula is C21H23N3O3S. The number of fused-ring (bicyclic) bond motifs is 1. The second-order valence-electron chi connectivity index (χ2n) is 7.77. The van der Waals surface area contributed by atoms with E-state index in [-0.39, 0.29) is 10.8 Å². The number of nitrogens with one attached hydrogen (secondary N) is 1. The molecule has 28 heavy (non-hydrogen) atoms. The summed E-state index contributed by atoms with van der Waals surface area (Å²) in [7, 11) is -3.66. The minimum atomic E-state index is -3.66. The van der Waals surface area contributed by atoms with E-state index in [9.17, 15) is 13.2 Å². The van der Waals surface area contributed by atoms with Crippen molar-refractivity contribution in [3.05, 3.63) is 59.7 Å². The third-order valence-electron chi connectivity index (χ3n) is 5.18. The Morgan fingerprint density at radius 1 is 1.04 bits per heavy atom. The van der Waals surface area contributed by atoms with Crippen LogP contribution in [0.2, 0.25) is 0 Å². The van der Waals surface area contributed by atoms with Crippen molar-refractivity contribution < 1.29 is 13.2 Å². The van der Waals surface area contributed by atoms with Crippen molar-refractivity contribution >= 4 is 27.5 Å². The van der Waals surface area contributed by atoms with Crippen LogP contribution in [0.1, 0.15) is 36.2 Å². The fourth-order valence-corrected chi connectivity index (χ4v) is 5.22. The van der Waals surface area contributed by atoms with Crippen molar-refractivity contribution in [2.24, 2.45) is 16.2 Å². The standard InChI is InChI=1S/C21H23N3O3S/c1-14-11-15(2)13-24(12-14)21(25)16-7-9-17(10-8-16)22-20-18-5-3-4-6-19(18)28(26,27)23-20/h3-10,14-15H,11-13H2,1-2H3,(H,22,23). The van der Waals surface area contributed by atoms with Crippen LogP contribution in [0, 0.1) is 11.8 Å². The molecule has 4 rings (SSSR count). The van der Waals surface area contributed by atoms with Crippen molar-refractivity contribution in [1.29, 1.82) is 0 Å². The van der Waals surface area contributed by atoms with E-state index in [1.165, 1.54) is 0 Å². The minimum absolute atomic E-state index is 0.0380. The van der Waals surface area contributed by atoms with E-state index in [1.807, 2.05) is 4.90 Å². The highest BCUT2D eigenvalue weighted by molar-refractivity contribution is 7.90. The summed E-state index contributed by atoms with van der Waals surface area (Å²) < 4.78 is 28.1. The van der Waals surface area contributed by atoms with Crippen LogP contribution in [0.25, 0.3) is 0 Å². The van der Waals surface area contributed by atoms with Gasteiger partial charge in [-0.15, -0.1) is 4.40 Å². The van der Waals surface area contributed by atoms with Gasteiger partial charge in [-0.05, 0) is 54.7 Å². The largest absolute Gasteiger partial charge is 0.339 e. The molecule has 0 radical (unpaired) electrons. The van der Waals surface area contributed by atoms with Crippen LogP contribution in [0.5, 0.6) is 0 Å². The molecule has 1 fully saturated rings. The van der Waals surface area contributed by atoms with Gasteiger partial charge in [0.25, 0.3) is 15.9 Å². The van der Waals surface area contributed by atoms with Crippen LogP contribution >= 0.6 is 0 Å². The highest BCUT2D eigenvalue weighted by Crippen LogP contribution is 2.27. The number of amidine groups is 1. The molecule has 2 aromatic carbocycles. The highest BCUT2D eigenvalue weighted by Gasteiger charge is 2.29. The van der Waals surface area contributed by atoms with E-state index in [1.54, 1.807) is 48.5 Å². The van der Waals surface area contributed by atoms with E-state index in [2.05, 4.69) is 23.6 Å². The molecule has 2 heterocycles. The monoisotopic (exact) mass is 397 g/mol. The summed E-state index contributed by atoms with van der Waals surface area (Å²) in [5, 5.41) is 3.06. The third kappa shape index (κ3) is 3.54. The molecule has 1 N–H and O–H groups in total. The predicted octanol–water partition coefficient (Wildman–Crippen LogP) is 3.37. The highest BCUT2D eigenvalue weighted by atomic mass is 32.2. The summed E-state index contributed by atoms with van der Waals surface area (Å²) in [6.07, 6.45) is 1.15. The summed E-state index contributed by atoms with van der Waals surface area (Å²) in [6, 6.07) is 13.8. The van der Waals surface area contributed by atoms with Crippen molar-refractivity contribution in [3.8, 4) is 0 Å². The van der Waals surface area contributed by atoms with Crippen LogP contribution in [0.15, 0.2) is 57.8 Å². The van der Waals surface area contributed by atoms with Gasteiger partial charge in [-0.2, -0.15) is 8.42 Å². The maximum Gasteiger partial charge on any atom is 0.285 e. The zero-order valence-corrected chi connectivity index (χ0v) is 16.7. The summed E-state index contributed by atoms with van der Waals surface area (Å²) in [6.45, 7) is 5.93. The molecule has 0 bridgehead atoms. The van der Waals surface area contributed by atoms with Gasteiger partial charge in [0.15, 0.2) is 5.84 Å². The number of sulfonamides is 1. The van der Waals surface area contributed by atoms with Gasteiger partial charge in [0.2, 0.25) is 0 Å². The number of nitrogens with zero attached hydrogens (tertiary/aromatic N) is 2. The Kier molecular flexibility index (Phi) is 4.71. The van der Waals surface area contributed by atoms with E-state index in [0.29, 0.717) is 34.5 Å². The second kappa shape index (κ2) is 7.05. The zero-order chi connectivity index (χ0) is 19.9. The smallest absolute Gasteiger partial charge is 0.285 e. The first kappa shape index (κ1) is 18.7. The molecule has 6 nitrogen and oxygen atoms in total. The van der Waals surface area contributed by atoms with E-state index in [4.69, 9.17) is 0 Å². The molecule has 1 saturated heterocycles. The first-order valence-electron chi connectivity index (χ1n) is 9.44. The summed E-state index contributed by atoms with van der Waals surface area (Å²) in [4.78, 5) is 14.9. The maximum absolute atomic E-state index is 12.8. The molecule has 2 aromatic rings. The molecule has 146 valence electrons. The zero-order valence-electron chi connectivity index (χ0n) is 15.9. The van der Waals surface area contributed by atoms with Crippen LogP contribution in [0.4, 0.5) is 5.69 Å². The Bertz CT molecular complexity index is 1030. The van der Waals surface area contributed by atoms with Gasteiger partial charge >= 0.3 is 0 Å². The molecule has 0 saturated carbocycles. The molecule has 7 heteroatoms. The number of amides is 1. The third-order valence-corrected chi connectivity index (χ3v) is 6.52. The first-order chi connectivity index (χ1) is 13.3. The van der Waals surface area contributed by atoms with Crippen molar-refractivity contribution in [1.82, 2.24) is 4.90 Å². The Balaban J connectivity index is 1.51. The number of hydrogen-bond donors (Lipinski definition) is 1.